The van der Waals surface area contributed by atoms with Crippen LogP contribution in [-0.4, -0.2) is 28.3 Å². The van der Waals surface area contributed by atoms with Crippen molar-refractivity contribution in [2.24, 2.45) is 0 Å². The van der Waals surface area contributed by atoms with E-state index in [1.54, 1.807) is 0 Å². The van der Waals surface area contributed by atoms with Crippen LogP contribution in [0.25, 0.3) is 78.7 Å². The number of hydrogen-bond donors (Lipinski definition) is 0. The third kappa shape index (κ3) is 8.42. The van der Waals surface area contributed by atoms with E-state index in [-0.39, 0.29) is 5.41 Å². The van der Waals surface area contributed by atoms with Gasteiger partial charge in [0.2, 0.25) is 0 Å². The van der Waals surface area contributed by atoms with Gasteiger partial charge in [0.05, 0.1) is 0 Å². The van der Waals surface area contributed by atoms with Crippen LogP contribution in [0.4, 0.5) is 0 Å². The lowest BCUT2D eigenvalue weighted by Gasteiger charge is -2.39. The fourth-order valence-electron chi connectivity index (χ4n) is 9.46. The summed E-state index contributed by atoms with van der Waals surface area (Å²) in [6.07, 6.45) is 5.80. The van der Waals surface area contributed by atoms with Crippen LogP contribution in [-0.2, 0) is 9.98 Å². The zero-order valence-corrected chi connectivity index (χ0v) is 37.3. The number of aromatic nitrogens is 3. The van der Waals surface area contributed by atoms with Gasteiger partial charge in [-0.25, -0.2) is 15.0 Å². The molecule has 1 aromatic heterocycles. The topological polar surface area (TPSA) is 55.7 Å². The molecule has 0 radical (unpaired) electrons. The number of nitrogens with zero attached hydrogens (tertiary/aromatic N) is 3. The lowest BCUT2D eigenvalue weighted by atomic mass is 9.65. The van der Waals surface area contributed by atoms with E-state index in [1.165, 1.54) is 58.2 Å². The van der Waals surface area contributed by atoms with Crippen molar-refractivity contribution in [2.45, 2.75) is 37.5 Å². The maximum absolute atomic E-state index is 12.8. The van der Waals surface area contributed by atoms with Crippen LogP contribution in [0.1, 0.15) is 43.2 Å². The molecule has 0 atom stereocenters. The van der Waals surface area contributed by atoms with E-state index in [2.05, 4.69) is 188 Å². The van der Waals surface area contributed by atoms with Gasteiger partial charge in [-0.1, -0.05) is 226 Å². The van der Waals surface area contributed by atoms with E-state index in [0.29, 0.717) is 17.5 Å². The first-order valence-electron chi connectivity index (χ1n) is 22.4. The maximum atomic E-state index is 12.8. The zero-order valence-electron chi connectivity index (χ0n) is 36.4. The first kappa shape index (κ1) is 41.0. The average molecular weight is 848 g/mol. The second kappa shape index (κ2) is 17.6. The van der Waals surface area contributed by atoms with Gasteiger partial charge in [0.25, 0.3) is 0 Å². The number of hydrogen-bond acceptors (Lipinski definition) is 4. The Morgan fingerprint density at radius 2 is 0.750 bits per heavy atom. The average Bonchev–Trinajstić information content (AvgIpc) is 3.37. The smallest absolute Gasteiger partial charge is 0.164 e. The Morgan fingerprint density at radius 3 is 1.28 bits per heavy atom. The molecule has 10 rings (SSSR count). The van der Waals surface area contributed by atoms with Gasteiger partial charge in [-0.3, -0.25) is 0 Å². The molecule has 1 heterocycles. The van der Waals surface area contributed by atoms with Crippen LogP contribution in [0.5, 0.6) is 0 Å². The first-order valence-corrected chi connectivity index (χ1v) is 25.0. The molecule has 64 heavy (non-hydrogen) atoms. The first-order chi connectivity index (χ1) is 31.3. The summed E-state index contributed by atoms with van der Waals surface area (Å²) in [7, 11) is -2.32. The minimum Gasteiger partial charge on any atom is -0.319 e. The Kier molecular flexibility index (Phi) is 11.3. The Hall–Kier alpha value is -7.00. The van der Waals surface area contributed by atoms with E-state index in [9.17, 15) is 4.57 Å². The molecule has 1 saturated carbocycles. The molecule has 5 heteroatoms. The lowest BCUT2D eigenvalue weighted by Crippen LogP contribution is -2.30. The van der Waals surface area contributed by atoms with Crippen LogP contribution < -0.4 is 5.30 Å². The van der Waals surface area contributed by atoms with Crippen molar-refractivity contribution in [1.29, 1.82) is 0 Å². The Labute approximate surface area is 377 Å². The second-order valence-corrected chi connectivity index (χ2v) is 20.7. The molecule has 0 spiro atoms. The summed E-state index contributed by atoms with van der Waals surface area (Å²) in [5.74, 6) is 1.91. The quantitative estimate of drug-likeness (QED) is 0.129. The van der Waals surface area contributed by atoms with Crippen LogP contribution in [0.3, 0.4) is 0 Å². The van der Waals surface area contributed by atoms with Crippen LogP contribution in [0, 0.1) is 0 Å². The highest BCUT2D eigenvalue weighted by molar-refractivity contribution is 7.70. The summed E-state index contributed by atoms with van der Waals surface area (Å²) in [5, 5.41) is 0.910. The molecule has 1 aliphatic carbocycles. The summed E-state index contributed by atoms with van der Waals surface area (Å²) in [6, 6.07) is 73.0. The van der Waals surface area contributed by atoms with Gasteiger partial charge in [0.1, 0.15) is 7.14 Å². The molecule has 4 nitrogen and oxygen atoms in total. The molecule has 0 bridgehead atoms. The molecular weight excluding hydrogens is 798 g/mol. The number of benzene rings is 8. The highest BCUT2D eigenvalue weighted by Crippen LogP contribution is 2.46. The molecular formula is C59H50N3OP. The van der Waals surface area contributed by atoms with Crippen LogP contribution >= 0.6 is 7.14 Å². The van der Waals surface area contributed by atoms with E-state index < -0.39 is 7.14 Å². The number of rotatable bonds is 10. The molecule has 0 N–H and O–H groups in total. The van der Waals surface area contributed by atoms with Gasteiger partial charge >= 0.3 is 0 Å². The molecule has 0 unspecified atom stereocenters. The predicted molar refractivity (Wildman–Crippen MR) is 267 cm³/mol. The minimum absolute atomic E-state index is 0.105. The highest BCUT2D eigenvalue weighted by atomic mass is 31.2. The Balaban J connectivity index is 1.02. The lowest BCUT2D eigenvalue weighted by molar-refractivity contribution is 0.346. The van der Waals surface area contributed by atoms with Gasteiger partial charge in [-0.2, -0.15) is 0 Å². The largest absolute Gasteiger partial charge is 0.319 e. The highest BCUT2D eigenvalue weighted by Gasteiger charge is 2.36. The predicted octanol–water partition coefficient (Wildman–Crippen LogP) is 15.0. The molecule has 9 aromatic rings. The van der Waals surface area contributed by atoms with Gasteiger partial charge in [-0.15, -0.1) is 0 Å². The SMILES string of the molecule is CP(C)(=O)c1ccc(-c2cccc(C3(c4ccc(-c5nc(-c6ccc(-c7ccccc7)cc6)nc(-c6ccc(-c7ccccc7-c7ccccc7)cc6)n5)cc4)CCCCC3)c2)cc1. The molecule has 312 valence electrons. The van der Waals surface area contributed by atoms with Gasteiger partial charge in [0, 0.05) is 27.4 Å². The maximum Gasteiger partial charge on any atom is 0.164 e. The van der Waals surface area contributed by atoms with Crippen LogP contribution in [0.2, 0.25) is 0 Å². The van der Waals surface area contributed by atoms with Gasteiger partial charge < -0.3 is 4.57 Å². The molecule has 0 amide bonds. The van der Waals surface area contributed by atoms with E-state index in [4.69, 9.17) is 15.0 Å². The third-order valence-electron chi connectivity index (χ3n) is 13.0. The van der Waals surface area contributed by atoms with Gasteiger partial charge in [-0.05, 0) is 81.8 Å². The summed E-state index contributed by atoms with van der Waals surface area (Å²) < 4.78 is 12.8. The molecule has 1 aliphatic rings. The molecule has 8 aromatic carbocycles. The van der Waals surface area contributed by atoms with Crippen molar-refractivity contribution in [3.63, 3.8) is 0 Å². The van der Waals surface area contributed by atoms with Crippen molar-refractivity contribution in [2.75, 3.05) is 13.3 Å². The van der Waals surface area contributed by atoms with Crippen molar-refractivity contribution in [3.05, 3.63) is 217 Å². The fourth-order valence-corrected chi connectivity index (χ4v) is 10.3. The van der Waals surface area contributed by atoms with Crippen molar-refractivity contribution < 1.29 is 4.57 Å². The van der Waals surface area contributed by atoms with E-state index in [0.717, 1.165) is 51.5 Å². The molecule has 0 saturated heterocycles. The molecule has 1 fully saturated rings. The van der Waals surface area contributed by atoms with E-state index in [1.807, 2.05) is 31.5 Å². The summed E-state index contributed by atoms with van der Waals surface area (Å²) >= 11 is 0. The summed E-state index contributed by atoms with van der Waals surface area (Å²) in [5.41, 5.74) is 14.7. The van der Waals surface area contributed by atoms with Gasteiger partial charge in [0.15, 0.2) is 17.5 Å². The van der Waals surface area contributed by atoms with Crippen molar-refractivity contribution >= 4 is 12.4 Å². The normalized spacial score (nSPS) is 13.7. The minimum atomic E-state index is -2.32. The van der Waals surface area contributed by atoms with Crippen LogP contribution in [0.15, 0.2) is 206 Å². The Morgan fingerprint density at radius 1 is 0.359 bits per heavy atom. The fraction of sp³-hybridized carbons (Fsp3) is 0.136. The molecule has 0 aliphatic heterocycles. The van der Waals surface area contributed by atoms with E-state index >= 15 is 0 Å². The second-order valence-electron chi connectivity index (χ2n) is 17.4. The summed E-state index contributed by atoms with van der Waals surface area (Å²) in [4.78, 5) is 15.5. The monoisotopic (exact) mass is 847 g/mol. The van der Waals surface area contributed by atoms with Crippen molar-refractivity contribution in [3.8, 4) is 78.7 Å². The summed E-state index contributed by atoms with van der Waals surface area (Å²) in [6.45, 7) is 3.66. The van der Waals surface area contributed by atoms with Crippen molar-refractivity contribution in [1.82, 2.24) is 15.0 Å². The Bertz CT molecular complexity index is 3080. The standard InChI is InChI=1S/C59H50N3OP/c1-64(2,63)53-37-33-44(34-38-53)50-19-14-20-52(41-50)59(39-12-5-13-40-59)51-35-31-49(32-36-51)58-61-56(47-27-23-43(24-28-47)42-15-6-3-7-16-42)60-57(62-58)48-29-25-46(26-30-48)55-22-11-10-21-54(55)45-17-8-4-9-18-45/h3-4,6-11,14-38,41H,5,12-13,39-40H2,1-2H3. The third-order valence-corrected chi connectivity index (χ3v) is 14.5. The zero-order chi connectivity index (χ0) is 43.5.